The first-order valence-corrected chi connectivity index (χ1v) is 16.8. The number of furan rings is 1. The first-order chi connectivity index (χ1) is 24.7. The number of nitrogens with zero attached hydrogens (tertiary/aromatic N) is 3. The third-order valence-electron chi connectivity index (χ3n) is 8.85. The molecule has 0 aliphatic rings. The minimum atomic E-state index is 0.577. The summed E-state index contributed by atoms with van der Waals surface area (Å²) in [7, 11) is 0. The van der Waals surface area contributed by atoms with E-state index in [1.54, 1.807) is 6.20 Å². The third kappa shape index (κ3) is 5.97. The number of pyridine rings is 3. The zero-order chi connectivity index (χ0) is 33.9. The van der Waals surface area contributed by atoms with Crippen LogP contribution in [0.25, 0.3) is 83.7 Å². The summed E-state index contributed by atoms with van der Waals surface area (Å²) in [4.78, 5) is 14.4. The summed E-state index contributed by atoms with van der Waals surface area (Å²) < 4.78 is 6.65. The van der Waals surface area contributed by atoms with Crippen LogP contribution in [0.4, 0.5) is 0 Å². The smallest absolute Gasteiger partial charge is 0.143 e. The number of aromatic nitrogens is 3. The molecule has 0 unspecified atom stereocenters. The Labute approximate surface area is 291 Å². The molecule has 0 radical (unpaired) electrons. The van der Waals surface area contributed by atoms with Gasteiger partial charge < -0.3 is 10.2 Å². The topological polar surface area (TPSA) is 77.8 Å². The maximum atomic E-state index is 6.65. The zero-order valence-corrected chi connectivity index (χ0v) is 27.6. The third-order valence-corrected chi connectivity index (χ3v) is 8.85. The molecule has 0 atom stereocenters. The van der Waals surface area contributed by atoms with Gasteiger partial charge in [-0.2, -0.15) is 0 Å². The molecular weight excluding hydrogens is 613 g/mol. The standard InChI is InChI=1S/C45H34N4O/c1-2-3-6-19-38(46)41-27-34(28-42(49-41)40-20-11-12-24-47-40)39-23-22-32(29-48-39)35-18-13-21-43-44(35)37-26-33(30-14-7-4-8-15-30)25-36(45(37)50-43)31-16-9-5-10-17-31/h3-29H,2,46H2,1H3/b6-3-,38-19-. The van der Waals surface area contributed by atoms with E-state index in [-0.39, 0.29) is 0 Å². The molecule has 8 rings (SSSR count). The second kappa shape index (κ2) is 13.5. The molecule has 0 saturated carbocycles. The fraction of sp³-hybridized carbons (Fsp3) is 0.0444. The molecule has 2 N–H and O–H groups in total. The maximum absolute atomic E-state index is 6.65. The van der Waals surface area contributed by atoms with Gasteiger partial charge in [0.25, 0.3) is 0 Å². The largest absolute Gasteiger partial charge is 0.455 e. The van der Waals surface area contributed by atoms with Gasteiger partial charge in [-0.15, -0.1) is 0 Å². The number of allylic oxidation sites excluding steroid dienone is 3. The number of hydrogen-bond donors (Lipinski definition) is 1. The summed E-state index contributed by atoms with van der Waals surface area (Å²) in [5.74, 6) is 0. The van der Waals surface area contributed by atoms with Crippen molar-refractivity contribution in [1.82, 2.24) is 15.0 Å². The van der Waals surface area contributed by atoms with Crippen molar-refractivity contribution in [2.24, 2.45) is 5.73 Å². The van der Waals surface area contributed by atoms with Crippen LogP contribution >= 0.6 is 0 Å². The summed E-state index contributed by atoms with van der Waals surface area (Å²) in [6.45, 7) is 2.09. The van der Waals surface area contributed by atoms with Gasteiger partial charge in [-0.05, 0) is 83.3 Å². The van der Waals surface area contributed by atoms with E-state index in [0.717, 1.165) is 84.4 Å². The van der Waals surface area contributed by atoms with Gasteiger partial charge in [-0.25, -0.2) is 4.98 Å². The van der Waals surface area contributed by atoms with Gasteiger partial charge in [0.15, 0.2) is 0 Å². The monoisotopic (exact) mass is 646 g/mol. The molecule has 0 fully saturated rings. The molecule has 5 heteroatoms. The molecule has 8 aromatic rings. The lowest BCUT2D eigenvalue weighted by Gasteiger charge is -2.10. The van der Waals surface area contributed by atoms with Crippen molar-refractivity contribution < 1.29 is 4.42 Å². The van der Waals surface area contributed by atoms with Crippen molar-refractivity contribution in [3.8, 4) is 56.0 Å². The Morgan fingerprint density at radius 1 is 0.640 bits per heavy atom. The molecular formula is C45H34N4O. The quantitative estimate of drug-likeness (QED) is 0.166. The fourth-order valence-electron chi connectivity index (χ4n) is 6.39. The van der Waals surface area contributed by atoms with E-state index in [1.165, 1.54) is 0 Å². The Bertz CT molecular complexity index is 2500. The molecule has 0 amide bonds. The molecule has 4 heterocycles. The van der Waals surface area contributed by atoms with Gasteiger partial charge in [0.05, 0.1) is 28.5 Å². The van der Waals surface area contributed by atoms with E-state index in [9.17, 15) is 0 Å². The predicted molar refractivity (Wildman–Crippen MR) is 206 cm³/mol. The zero-order valence-electron chi connectivity index (χ0n) is 27.6. The average molecular weight is 647 g/mol. The Hall–Kier alpha value is -6.59. The second-order valence-corrected chi connectivity index (χ2v) is 12.1. The Morgan fingerprint density at radius 3 is 2.18 bits per heavy atom. The lowest BCUT2D eigenvalue weighted by Crippen LogP contribution is -2.02. The molecule has 4 aromatic heterocycles. The normalized spacial score (nSPS) is 11.9. The lowest BCUT2D eigenvalue weighted by atomic mass is 9.94. The molecule has 0 spiro atoms. The van der Waals surface area contributed by atoms with Crippen LogP contribution in [0.3, 0.4) is 0 Å². The van der Waals surface area contributed by atoms with Crippen molar-refractivity contribution in [3.63, 3.8) is 0 Å². The van der Waals surface area contributed by atoms with Crippen molar-refractivity contribution in [1.29, 1.82) is 0 Å². The summed E-state index contributed by atoms with van der Waals surface area (Å²) in [5.41, 5.74) is 19.2. The van der Waals surface area contributed by atoms with Gasteiger partial charge in [0.1, 0.15) is 11.2 Å². The maximum Gasteiger partial charge on any atom is 0.143 e. The van der Waals surface area contributed by atoms with Crippen molar-refractivity contribution >= 4 is 27.6 Å². The van der Waals surface area contributed by atoms with Gasteiger partial charge >= 0.3 is 0 Å². The van der Waals surface area contributed by atoms with Crippen LogP contribution in [0.15, 0.2) is 168 Å². The number of nitrogens with two attached hydrogens (primary N) is 1. The first-order valence-electron chi connectivity index (χ1n) is 16.8. The number of rotatable bonds is 8. The fourth-order valence-corrected chi connectivity index (χ4v) is 6.39. The molecule has 0 aliphatic carbocycles. The van der Waals surface area contributed by atoms with Crippen LogP contribution in [0.1, 0.15) is 19.0 Å². The minimum absolute atomic E-state index is 0.577. The highest BCUT2D eigenvalue weighted by Crippen LogP contribution is 2.43. The highest BCUT2D eigenvalue weighted by atomic mass is 16.3. The summed E-state index contributed by atoms with van der Waals surface area (Å²) >= 11 is 0. The Balaban J connectivity index is 1.26. The van der Waals surface area contributed by atoms with E-state index < -0.39 is 0 Å². The van der Waals surface area contributed by atoms with Crippen molar-refractivity contribution in [3.05, 3.63) is 170 Å². The second-order valence-electron chi connectivity index (χ2n) is 12.1. The van der Waals surface area contributed by atoms with Crippen molar-refractivity contribution in [2.75, 3.05) is 0 Å². The van der Waals surface area contributed by atoms with Gasteiger partial charge in [0.2, 0.25) is 0 Å². The van der Waals surface area contributed by atoms with E-state index in [4.69, 9.17) is 20.1 Å². The highest BCUT2D eigenvalue weighted by molar-refractivity contribution is 6.16. The van der Waals surface area contributed by atoms with Crippen LogP contribution in [-0.2, 0) is 0 Å². The lowest BCUT2D eigenvalue weighted by molar-refractivity contribution is 0.670. The molecule has 50 heavy (non-hydrogen) atoms. The summed E-state index contributed by atoms with van der Waals surface area (Å²) in [6.07, 6.45) is 10.5. The molecule has 0 aliphatic heterocycles. The predicted octanol–water partition coefficient (Wildman–Crippen LogP) is 11.4. The SMILES string of the molecule is CC/C=C\C=C(/N)c1cc(-c2ccc(-c3cccc4oc5c(-c6ccccc6)cc(-c6ccccc6)cc5c34)cn2)cc(-c2ccccn2)n1. The van der Waals surface area contributed by atoms with Crippen molar-refractivity contribution in [2.45, 2.75) is 13.3 Å². The number of fused-ring (bicyclic) bond motifs is 3. The van der Waals surface area contributed by atoms with Crippen LogP contribution in [-0.4, -0.2) is 15.0 Å². The van der Waals surface area contributed by atoms with E-state index in [1.807, 2.05) is 72.9 Å². The van der Waals surface area contributed by atoms with Crippen LogP contribution in [0, 0.1) is 0 Å². The van der Waals surface area contributed by atoms with Gasteiger partial charge in [-0.1, -0.05) is 104 Å². The molecule has 5 nitrogen and oxygen atoms in total. The molecule has 4 aromatic carbocycles. The number of hydrogen-bond acceptors (Lipinski definition) is 5. The molecule has 240 valence electrons. The number of benzene rings is 4. The van der Waals surface area contributed by atoms with E-state index in [2.05, 4.69) is 96.8 Å². The average Bonchev–Trinajstić information content (AvgIpc) is 3.57. The van der Waals surface area contributed by atoms with Gasteiger partial charge in [0, 0.05) is 39.9 Å². The Kier molecular flexibility index (Phi) is 8.29. The van der Waals surface area contributed by atoms with Gasteiger partial charge in [-0.3, -0.25) is 9.97 Å². The summed E-state index contributed by atoms with van der Waals surface area (Å²) in [5, 5.41) is 2.13. The van der Waals surface area contributed by atoms with Crippen LogP contribution in [0.5, 0.6) is 0 Å². The molecule has 0 bridgehead atoms. The molecule has 0 saturated heterocycles. The minimum Gasteiger partial charge on any atom is -0.455 e. The Morgan fingerprint density at radius 2 is 1.44 bits per heavy atom. The van der Waals surface area contributed by atoms with Crippen LogP contribution in [0.2, 0.25) is 0 Å². The first kappa shape index (κ1) is 30.7. The van der Waals surface area contributed by atoms with Crippen LogP contribution < -0.4 is 5.73 Å². The highest BCUT2D eigenvalue weighted by Gasteiger charge is 2.19. The summed E-state index contributed by atoms with van der Waals surface area (Å²) in [6, 6.07) is 45.6. The van der Waals surface area contributed by atoms with E-state index >= 15 is 0 Å². The van der Waals surface area contributed by atoms with E-state index in [0.29, 0.717) is 11.4 Å².